The second-order valence-electron chi connectivity index (χ2n) is 8.92. The molecule has 0 aromatic heterocycles. The number of aromatic carboxylic acids is 1. The van der Waals surface area contributed by atoms with E-state index in [4.69, 9.17) is 5.11 Å². The Morgan fingerprint density at radius 2 is 1.27 bits per heavy atom. The molecular formula is C24H25F5N2O2. The van der Waals surface area contributed by atoms with E-state index in [0.29, 0.717) is 24.2 Å². The Bertz CT molecular complexity index is 976. The molecule has 2 aliphatic rings. The van der Waals surface area contributed by atoms with Crippen molar-refractivity contribution in [3.05, 3.63) is 70.8 Å². The number of hydrogen-bond acceptors (Lipinski definition) is 3. The third-order valence-corrected chi connectivity index (χ3v) is 6.61. The number of carbonyl (C=O) groups is 1. The highest BCUT2D eigenvalue weighted by atomic mass is 19.4. The van der Waals surface area contributed by atoms with Crippen LogP contribution < -0.4 is 0 Å². The molecule has 2 fully saturated rings. The largest absolute Gasteiger partial charge is 0.478 e. The number of aryl methyl sites for hydroxylation is 1. The SMILES string of the molecule is O=C(O)c1ccc(CN2C[C@@H]3C[C@H]2CN3Cc2ccc(CCC(F)(F)C(F)(F)F)cc2)cc1. The maximum Gasteiger partial charge on any atom is 0.453 e. The number of hydrogen-bond donors (Lipinski definition) is 1. The Labute approximate surface area is 188 Å². The molecule has 0 radical (unpaired) electrons. The summed E-state index contributed by atoms with van der Waals surface area (Å²) in [5.74, 6) is -5.62. The minimum Gasteiger partial charge on any atom is -0.478 e. The number of benzene rings is 2. The smallest absolute Gasteiger partial charge is 0.453 e. The first-order chi connectivity index (χ1) is 15.5. The summed E-state index contributed by atoms with van der Waals surface area (Å²) < 4.78 is 63.2. The summed E-state index contributed by atoms with van der Waals surface area (Å²) in [5, 5.41) is 9.01. The summed E-state index contributed by atoms with van der Waals surface area (Å²) in [6.45, 7) is 3.29. The molecule has 0 unspecified atom stereocenters. The fourth-order valence-corrected chi connectivity index (χ4v) is 4.70. The summed E-state index contributed by atoms with van der Waals surface area (Å²) in [6.07, 6.45) is -6.04. The third kappa shape index (κ3) is 5.35. The van der Waals surface area contributed by atoms with E-state index in [1.165, 1.54) is 0 Å². The summed E-state index contributed by atoms with van der Waals surface area (Å²) in [4.78, 5) is 15.8. The lowest BCUT2D eigenvalue weighted by atomic mass is 10.0. The molecule has 33 heavy (non-hydrogen) atoms. The maximum atomic E-state index is 13.1. The fraction of sp³-hybridized carbons (Fsp3) is 0.458. The number of alkyl halides is 5. The Balaban J connectivity index is 1.27. The number of carboxylic acid groups (broad SMARTS) is 1. The van der Waals surface area contributed by atoms with Crippen LogP contribution in [-0.2, 0) is 19.5 Å². The Kier molecular flexibility index (Phi) is 6.46. The van der Waals surface area contributed by atoms with E-state index in [-0.39, 0.29) is 12.0 Å². The van der Waals surface area contributed by atoms with E-state index >= 15 is 0 Å². The number of likely N-dealkylation sites (tertiary alicyclic amines) is 2. The van der Waals surface area contributed by atoms with E-state index in [1.54, 1.807) is 36.4 Å². The molecule has 2 bridgehead atoms. The normalized spacial score (nSPS) is 21.6. The number of rotatable bonds is 8. The van der Waals surface area contributed by atoms with E-state index in [1.807, 2.05) is 12.1 Å². The molecule has 2 atom stereocenters. The van der Waals surface area contributed by atoms with Crippen molar-refractivity contribution < 1.29 is 31.9 Å². The van der Waals surface area contributed by atoms with Gasteiger partial charge in [-0.25, -0.2) is 4.79 Å². The highest BCUT2D eigenvalue weighted by Crippen LogP contribution is 2.39. The van der Waals surface area contributed by atoms with Crippen LogP contribution in [0.15, 0.2) is 48.5 Å². The minimum atomic E-state index is -5.52. The van der Waals surface area contributed by atoms with E-state index in [9.17, 15) is 26.7 Å². The van der Waals surface area contributed by atoms with Crippen molar-refractivity contribution in [1.82, 2.24) is 9.80 Å². The molecule has 2 aliphatic heterocycles. The van der Waals surface area contributed by atoms with Crippen molar-refractivity contribution in [2.45, 2.75) is 56.5 Å². The van der Waals surface area contributed by atoms with Crippen LogP contribution in [0.25, 0.3) is 0 Å². The number of nitrogens with zero attached hydrogens (tertiary/aromatic N) is 2. The van der Waals surface area contributed by atoms with Crippen LogP contribution in [0.2, 0.25) is 0 Å². The van der Waals surface area contributed by atoms with Gasteiger partial charge in [-0.2, -0.15) is 22.0 Å². The van der Waals surface area contributed by atoms with Gasteiger partial charge in [-0.3, -0.25) is 9.80 Å². The molecule has 178 valence electrons. The molecule has 4 nitrogen and oxygen atoms in total. The van der Waals surface area contributed by atoms with Crippen LogP contribution in [0, 0.1) is 0 Å². The highest BCUT2D eigenvalue weighted by molar-refractivity contribution is 5.87. The number of carboxylic acids is 1. The molecule has 2 aromatic carbocycles. The minimum absolute atomic E-state index is 0.271. The fourth-order valence-electron chi connectivity index (χ4n) is 4.70. The zero-order chi connectivity index (χ0) is 23.8. The first kappa shape index (κ1) is 23.6. The lowest BCUT2D eigenvalue weighted by molar-refractivity contribution is -0.284. The second-order valence-corrected chi connectivity index (χ2v) is 8.92. The molecule has 0 saturated carbocycles. The lowest BCUT2D eigenvalue weighted by Gasteiger charge is -2.34. The van der Waals surface area contributed by atoms with Gasteiger partial charge >= 0.3 is 18.1 Å². The zero-order valence-corrected chi connectivity index (χ0v) is 17.9. The van der Waals surface area contributed by atoms with Gasteiger partial charge < -0.3 is 5.11 Å². The third-order valence-electron chi connectivity index (χ3n) is 6.61. The van der Waals surface area contributed by atoms with Gasteiger partial charge in [0.2, 0.25) is 0 Å². The topological polar surface area (TPSA) is 43.8 Å². The van der Waals surface area contributed by atoms with Crippen LogP contribution in [0.1, 0.15) is 39.9 Å². The molecule has 0 amide bonds. The van der Waals surface area contributed by atoms with Gasteiger partial charge in [-0.05, 0) is 41.7 Å². The number of halogens is 5. The van der Waals surface area contributed by atoms with Crippen molar-refractivity contribution in [2.24, 2.45) is 0 Å². The molecule has 2 heterocycles. The number of fused-ring (bicyclic) bond motifs is 2. The molecular weight excluding hydrogens is 443 g/mol. The average Bonchev–Trinajstić information content (AvgIpc) is 3.33. The van der Waals surface area contributed by atoms with E-state index < -0.39 is 24.5 Å². The zero-order valence-electron chi connectivity index (χ0n) is 17.9. The summed E-state index contributed by atoms with van der Waals surface area (Å²) in [7, 11) is 0. The summed E-state index contributed by atoms with van der Waals surface area (Å²) in [5.41, 5.74) is 2.81. The van der Waals surface area contributed by atoms with Crippen molar-refractivity contribution >= 4 is 5.97 Å². The van der Waals surface area contributed by atoms with Crippen molar-refractivity contribution in [3.63, 3.8) is 0 Å². The van der Waals surface area contributed by atoms with Crippen molar-refractivity contribution in [2.75, 3.05) is 13.1 Å². The maximum absolute atomic E-state index is 13.1. The quantitative estimate of drug-likeness (QED) is 0.556. The molecule has 2 saturated heterocycles. The highest BCUT2D eigenvalue weighted by Gasteiger charge is 2.56. The van der Waals surface area contributed by atoms with Gasteiger partial charge in [0.15, 0.2) is 0 Å². The van der Waals surface area contributed by atoms with Gasteiger partial charge in [0.1, 0.15) is 0 Å². The van der Waals surface area contributed by atoms with Crippen molar-refractivity contribution in [1.29, 1.82) is 0 Å². The van der Waals surface area contributed by atoms with Crippen molar-refractivity contribution in [3.8, 4) is 0 Å². The predicted molar refractivity (Wildman–Crippen MR) is 112 cm³/mol. The molecule has 1 N–H and O–H groups in total. The molecule has 2 aromatic rings. The van der Waals surface area contributed by atoms with Crippen LogP contribution >= 0.6 is 0 Å². The van der Waals surface area contributed by atoms with Gasteiger partial charge in [-0.15, -0.1) is 0 Å². The summed E-state index contributed by atoms with van der Waals surface area (Å²) >= 11 is 0. The monoisotopic (exact) mass is 468 g/mol. The van der Waals surface area contributed by atoms with Gasteiger partial charge in [0.25, 0.3) is 0 Å². The van der Waals surface area contributed by atoms with E-state index in [0.717, 1.165) is 37.2 Å². The van der Waals surface area contributed by atoms with Crippen LogP contribution in [0.5, 0.6) is 0 Å². The predicted octanol–water partition coefficient (Wildman–Crippen LogP) is 4.97. The molecule has 9 heteroatoms. The molecule has 0 spiro atoms. The lowest BCUT2D eigenvalue weighted by Crippen LogP contribution is -2.45. The first-order valence-electron chi connectivity index (χ1n) is 10.8. The van der Waals surface area contributed by atoms with Crippen LogP contribution in [0.4, 0.5) is 22.0 Å². The van der Waals surface area contributed by atoms with Crippen LogP contribution in [-0.4, -0.2) is 58.1 Å². The van der Waals surface area contributed by atoms with Gasteiger partial charge in [0, 0.05) is 44.7 Å². The number of piperazine rings is 1. The first-order valence-corrected chi connectivity index (χ1v) is 10.8. The van der Waals surface area contributed by atoms with E-state index in [2.05, 4.69) is 9.80 Å². The standard InChI is InChI=1S/C24H25F5N2O2/c25-23(26,24(27,28)29)10-9-16-1-3-17(4-2-16)12-30-14-21-11-20(30)15-31(21)13-18-5-7-19(8-6-18)22(32)33/h1-8,20-21H,9-15H2,(H,32,33)/t20-,21-/m0/s1. The summed E-state index contributed by atoms with van der Waals surface area (Å²) in [6, 6.07) is 14.6. The Hall–Kier alpha value is -2.52. The Morgan fingerprint density at radius 3 is 1.70 bits per heavy atom. The molecule has 4 rings (SSSR count). The second kappa shape index (κ2) is 9.02. The van der Waals surface area contributed by atoms with Gasteiger partial charge in [0.05, 0.1) is 5.56 Å². The van der Waals surface area contributed by atoms with Crippen LogP contribution in [0.3, 0.4) is 0 Å². The average molecular weight is 468 g/mol. The molecule has 0 aliphatic carbocycles. The Morgan fingerprint density at radius 1 is 0.818 bits per heavy atom. The van der Waals surface area contributed by atoms with Gasteiger partial charge in [-0.1, -0.05) is 36.4 Å².